The van der Waals surface area contributed by atoms with Crippen LogP contribution in [0.1, 0.15) is 37.3 Å². The van der Waals surface area contributed by atoms with Crippen LogP contribution in [0, 0.1) is 11.3 Å². The number of rotatable bonds is 5. The quantitative estimate of drug-likeness (QED) is 0.844. The lowest BCUT2D eigenvalue weighted by atomic mass is 9.72. The van der Waals surface area contributed by atoms with Gasteiger partial charge >= 0.3 is 5.97 Å². The first-order chi connectivity index (χ1) is 10.2. The maximum absolute atomic E-state index is 11.6. The fourth-order valence-corrected chi connectivity index (χ4v) is 2.97. The van der Waals surface area contributed by atoms with E-state index in [-0.39, 0.29) is 5.97 Å². The van der Waals surface area contributed by atoms with Crippen LogP contribution in [-0.4, -0.2) is 25.7 Å². The molecule has 1 aromatic rings. The average Bonchev–Trinajstić information content (AvgIpc) is 2.54. The number of nitriles is 1. The Morgan fingerprint density at radius 1 is 1.38 bits per heavy atom. The van der Waals surface area contributed by atoms with Crippen molar-refractivity contribution in [2.24, 2.45) is 0 Å². The largest absolute Gasteiger partial charge is 0.466 e. The molecule has 4 heteroatoms. The van der Waals surface area contributed by atoms with Gasteiger partial charge in [-0.2, -0.15) is 5.26 Å². The number of hydrogen-bond donors (Lipinski definition) is 1. The summed E-state index contributed by atoms with van der Waals surface area (Å²) >= 11 is 0. The van der Waals surface area contributed by atoms with Crippen molar-refractivity contribution >= 4 is 5.97 Å². The van der Waals surface area contributed by atoms with Crippen LogP contribution >= 0.6 is 0 Å². The van der Waals surface area contributed by atoms with Crippen molar-refractivity contribution in [2.75, 3.05) is 19.7 Å². The van der Waals surface area contributed by atoms with Crippen LogP contribution in [0.4, 0.5) is 0 Å². The zero-order valence-electron chi connectivity index (χ0n) is 12.5. The molecule has 1 aliphatic rings. The van der Waals surface area contributed by atoms with Gasteiger partial charge in [-0.15, -0.1) is 0 Å². The Bertz CT molecular complexity index is 528. The summed E-state index contributed by atoms with van der Waals surface area (Å²) in [6, 6.07) is 10.5. The van der Waals surface area contributed by atoms with Crippen molar-refractivity contribution < 1.29 is 9.53 Å². The summed E-state index contributed by atoms with van der Waals surface area (Å²) < 4.78 is 4.99. The van der Waals surface area contributed by atoms with Crippen molar-refractivity contribution in [3.63, 3.8) is 0 Å². The molecular formula is C17H22N2O2. The molecule has 0 aromatic heterocycles. The number of benzene rings is 1. The molecule has 0 aliphatic carbocycles. The van der Waals surface area contributed by atoms with E-state index < -0.39 is 5.41 Å². The molecule has 0 amide bonds. The third-order valence-electron chi connectivity index (χ3n) is 4.11. The van der Waals surface area contributed by atoms with Gasteiger partial charge in [0.05, 0.1) is 18.1 Å². The van der Waals surface area contributed by atoms with Gasteiger partial charge in [0, 0.05) is 6.42 Å². The van der Waals surface area contributed by atoms with Gasteiger partial charge in [-0.25, -0.2) is 0 Å². The lowest BCUT2D eigenvalue weighted by Crippen LogP contribution is -2.39. The van der Waals surface area contributed by atoms with E-state index in [1.54, 1.807) is 0 Å². The molecule has 0 atom stereocenters. The third-order valence-corrected chi connectivity index (χ3v) is 4.11. The number of hydrogen-bond acceptors (Lipinski definition) is 4. The molecule has 1 saturated heterocycles. The molecule has 1 heterocycles. The fraction of sp³-hybridized carbons (Fsp3) is 0.529. The molecule has 1 N–H and O–H groups in total. The summed E-state index contributed by atoms with van der Waals surface area (Å²) in [5, 5.41) is 13.0. The Hall–Kier alpha value is -1.86. The van der Waals surface area contributed by atoms with Gasteiger partial charge in [-0.05, 0) is 50.4 Å². The highest BCUT2D eigenvalue weighted by Gasteiger charge is 2.35. The topological polar surface area (TPSA) is 62.1 Å². The molecule has 4 nitrogen and oxygen atoms in total. The third kappa shape index (κ3) is 3.62. The van der Waals surface area contributed by atoms with Crippen molar-refractivity contribution in [1.82, 2.24) is 5.32 Å². The first kappa shape index (κ1) is 15.5. The Morgan fingerprint density at radius 2 is 2.10 bits per heavy atom. The molecule has 0 radical (unpaired) electrons. The summed E-state index contributed by atoms with van der Waals surface area (Å²) in [7, 11) is 0. The summed E-state index contributed by atoms with van der Waals surface area (Å²) in [5.74, 6) is -0.177. The molecule has 0 unspecified atom stereocenters. The van der Waals surface area contributed by atoms with Gasteiger partial charge in [0.15, 0.2) is 0 Å². The summed E-state index contributed by atoms with van der Waals surface area (Å²) in [6.07, 6.45) is 2.64. The van der Waals surface area contributed by atoms with Crippen LogP contribution in [0.3, 0.4) is 0 Å². The SMILES string of the molecule is CCOC(=O)CCc1ccccc1C1(C#N)CCNCC1. The number of nitrogens with one attached hydrogen (secondary N) is 1. The molecule has 21 heavy (non-hydrogen) atoms. The van der Waals surface area contributed by atoms with Gasteiger partial charge in [0.1, 0.15) is 0 Å². The second-order valence-electron chi connectivity index (χ2n) is 5.41. The number of carbonyl (C=O) groups is 1. The van der Waals surface area contributed by atoms with Crippen LogP contribution in [0.5, 0.6) is 0 Å². The highest BCUT2D eigenvalue weighted by molar-refractivity contribution is 5.69. The molecule has 0 spiro atoms. The predicted octanol–water partition coefficient (Wildman–Crippen LogP) is 2.33. The van der Waals surface area contributed by atoms with E-state index in [2.05, 4.69) is 11.4 Å². The van der Waals surface area contributed by atoms with Crippen molar-refractivity contribution in [1.29, 1.82) is 5.26 Å². The molecule has 0 saturated carbocycles. The lowest BCUT2D eigenvalue weighted by molar-refractivity contribution is -0.143. The van der Waals surface area contributed by atoms with Crippen LogP contribution in [0.25, 0.3) is 0 Å². The Morgan fingerprint density at radius 3 is 2.76 bits per heavy atom. The first-order valence-electron chi connectivity index (χ1n) is 7.58. The number of carbonyl (C=O) groups excluding carboxylic acids is 1. The molecule has 2 rings (SSSR count). The minimum atomic E-state index is -0.420. The first-order valence-corrected chi connectivity index (χ1v) is 7.58. The number of nitrogens with zero attached hydrogens (tertiary/aromatic N) is 1. The molecule has 112 valence electrons. The van der Waals surface area contributed by atoms with Gasteiger partial charge in [0.25, 0.3) is 0 Å². The lowest BCUT2D eigenvalue weighted by Gasteiger charge is -2.33. The van der Waals surface area contributed by atoms with E-state index in [0.717, 1.165) is 37.1 Å². The normalized spacial score (nSPS) is 17.0. The molecule has 1 aromatic carbocycles. The highest BCUT2D eigenvalue weighted by Crippen LogP contribution is 2.35. The van der Waals surface area contributed by atoms with Crippen molar-refractivity contribution in [3.8, 4) is 6.07 Å². The van der Waals surface area contributed by atoms with Crippen LogP contribution in [0.15, 0.2) is 24.3 Å². The summed E-state index contributed by atoms with van der Waals surface area (Å²) in [5.41, 5.74) is 1.75. The average molecular weight is 286 g/mol. The molecule has 1 aliphatic heterocycles. The van der Waals surface area contributed by atoms with Crippen molar-refractivity contribution in [3.05, 3.63) is 35.4 Å². The Kier molecular flexibility index (Phi) is 5.35. The smallest absolute Gasteiger partial charge is 0.306 e. The minimum absolute atomic E-state index is 0.177. The van der Waals surface area contributed by atoms with E-state index in [1.807, 2.05) is 31.2 Å². The summed E-state index contributed by atoms with van der Waals surface area (Å²) in [4.78, 5) is 11.6. The van der Waals surface area contributed by atoms with E-state index >= 15 is 0 Å². The van der Waals surface area contributed by atoms with Crippen molar-refractivity contribution in [2.45, 2.75) is 38.0 Å². The van der Waals surface area contributed by atoms with E-state index in [9.17, 15) is 10.1 Å². The molecule has 0 bridgehead atoms. The second-order valence-corrected chi connectivity index (χ2v) is 5.41. The van der Waals surface area contributed by atoms with E-state index in [1.165, 1.54) is 0 Å². The number of esters is 1. The van der Waals surface area contributed by atoms with E-state index in [0.29, 0.717) is 19.4 Å². The summed E-state index contributed by atoms with van der Waals surface area (Å²) in [6.45, 7) is 3.94. The monoisotopic (exact) mass is 286 g/mol. The van der Waals surface area contributed by atoms with Gasteiger partial charge in [-0.1, -0.05) is 24.3 Å². The number of piperidine rings is 1. The maximum Gasteiger partial charge on any atom is 0.306 e. The second kappa shape index (κ2) is 7.24. The molecular weight excluding hydrogens is 264 g/mol. The Balaban J connectivity index is 2.20. The fourth-order valence-electron chi connectivity index (χ4n) is 2.97. The van der Waals surface area contributed by atoms with E-state index in [4.69, 9.17) is 4.74 Å². The van der Waals surface area contributed by atoms with Crippen LogP contribution in [-0.2, 0) is 21.4 Å². The molecule has 1 fully saturated rings. The highest BCUT2D eigenvalue weighted by atomic mass is 16.5. The van der Waals surface area contributed by atoms with Crippen LogP contribution < -0.4 is 5.32 Å². The van der Waals surface area contributed by atoms with Crippen LogP contribution in [0.2, 0.25) is 0 Å². The standard InChI is InChI=1S/C17H22N2O2/c1-2-21-16(20)8-7-14-5-3-4-6-15(14)17(13-18)9-11-19-12-10-17/h3-6,19H,2,7-12H2,1H3. The number of aryl methyl sites for hydroxylation is 1. The number of ether oxygens (including phenoxy) is 1. The maximum atomic E-state index is 11.6. The van der Waals surface area contributed by atoms with Gasteiger partial charge in [0.2, 0.25) is 0 Å². The Labute approximate surface area is 126 Å². The zero-order chi connectivity index (χ0) is 15.1. The van der Waals surface area contributed by atoms with Gasteiger partial charge < -0.3 is 10.1 Å². The predicted molar refractivity (Wildman–Crippen MR) is 80.8 cm³/mol. The van der Waals surface area contributed by atoms with Gasteiger partial charge in [-0.3, -0.25) is 4.79 Å². The minimum Gasteiger partial charge on any atom is -0.466 e. The zero-order valence-corrected chi connectivity index (χ0v) is 12.5.